The van der Waals surface area contributed by atoms with Crippen molar-refractivity contribution in [3.63, 3.8) is 0 Å². The maximum Gasteiger partial charge on any atom is 0.336 e. The quantitative estimate of drug-likeness (QED) is 0.368. The summed E-state index contributed by atoms with van der Waals surface area (Å²) in [5.41, 5.74) is 1.79. The fourth-order valence-corrected chi connectivity index (χ4v) is 3.22. The Hall–Kier alpha value is -2.53. The first-order valence-electron chi connectivity index (χ1n) is 8.17. The van der Waals surface area contributed by atoms with Crippen LogP contribution in [-0.2, 0) is 11.4 Å². The molecule has 7 heteroatoms. The van der Waals surface area contributed by atoms with Crippen molar-refractivity contribution in [3.05, 3.63) is 92.7 Å². The first-order valence-corrected chi connectivity index (χ1v) is 9.30. The SMILES string of the molecule is O=C(O)/C(=C/c1ccc(OCc2c(Cl)cccc2Cl)cc1)c1cccnc1Cl. The van der Waals surface area contributed by atoms with E-state index in [0.29, 0.717) is 32.5 Å². The maximum atomic E-state index is 11.6. The number of aromatic nitrogens is 1. The molecule has 1 heterocycles. The molecule has 4 nitrogen and oxygen atoms in total. The van der Waals surface area contributed by atoms with Crippen molar-refractivity contribution in [2.75, 3.05) is 0 Å². The van der Waals surface area contributed by atoms with Gasteiger partial charge < -0.3 is 9.84 Å². The van der Waals surface area contributed by atoms with E-state index < -0.39 is 5.97 Å². The summed E-state index contributed by atoms with van der Waals surface area (Å²) in [6.07, 6.45) is 3.03. The number of carbonyl (C=O) groups is 1. The predicted molar refractivity (Wildman–Crippen MR) is 112 cm³/mol. The summed E-state index contributed by atoms with van der Waals surface area (Å²) in [6, 6.07) is 15.5. The third-order valence-corrected chi connectivity index (χ3v) is 4.93. The molecule has 1 aromatic heterocycles. The van der Waals surface area contributed by atoms with Crippen molar-refractivity contribution < 1.29 is 14.6 Å². The van der Waals surface area contributed by atoms with E-state index >= 15 is 0 Å². The van der Waals surface area contributed by atoms with Gasteiger partial charge in [-0.1, -0.05) is 53.0 Å². The van der Waals surface area contributed by atoms with E-state index in [-0.39, 0.29) is 17.3 Å². The molecule has 1 N–H and O–H groups in total. The molecule has 28 heavy (non-hydrogen) atoms. The minimum Gasteiger partial charge on any atom is -0.489 e. The Balaban J connectivity index is 1.79. The Morgan fingerprint density at radius 2 is 1.68 bits per heavy atom. The average molecular weight is 435 g/mol. The molecule has 0 amide bonds. The lowest BCUT2D eigenvalue weighted by atomic mass is 10.0. The number of hydrogen-bond donors (Lipinski definition) is 1. The third-order valence-electron chi connectivity index (χ3n) is 3.92. The van der Waals surface area contributed by atoms with Gasteiger partial charge >= 0.3 is 5.97 Å². The van der Waals surface area contributed by atoms with Crippen molar-refractivity contribution >= 4 is 52.4 Å². The lowest BCUT2D eigenvalue weighted by molar-refractivity contribution is -0.130. The molecule has 0 aliphatic rings. The zero-order chi connectivity index (χ0) is 20.1. The van der Waals surface area contributed by atoms with Gasteiger partial charge in [0.15, 0.2) is 0 Å². The average Bonchev–Trinajstić information content (AvgIpc) is 2.67. The molecule has 0 saturated heterocycles. The predicted octanol–water partition coefficient (Wildman–Crippen LogP) is 6.25. The van der Waals surface area contributed by atoms with Gasteiger partial charge in [0.05, 0.1) is 5.57 Å². The topological polar surface area (TPSA) is 59.4 Å². The van der Waals surface area contributed by atoms with Crippen LogP contribution in [-0.4, -0.2) is 16.1 Å². The van der Waals surface area contributed by atoms with E-state index in [1.54, 1.807) is 54.6 Å². The molecular formula is C21H14Cl3NO3. The number of benzene rings is 2. The standard InChI is InChI=1S/C21H14Cl3NO3/c22-18-4-1-5-19(23)17(18)12-28-14-8-6-13(7-9-14)11-16(21(26)27)15-3-2-10-25-20(15)24/h1-11H,12H2,(H,26,27)/b16-11+. The van der Waals surface area contributed by atoms with Crippen LogP contribution >= 0.6 is 34.8 Å². The van der Waals surface area contributed by atoms with Gasteiger partial charge in [0.25, 0.3) is 0 Å². The van der Waals surface area contributed by atoms with E-state index in [9.17, 15) is 9.90 Å². The molecule has 0 spiro atoms. The second kappa shape index (κ2) is 9.11. The van der Waals surface area contributed by atoms with E-state index in [1.165, 1.54) is 12.3 Å². The third kappa shape index (κ3) is 4.84. The van der Waals surface area contributed by atoms with Gasteiger partial charge in [-0.15, -0.1) is 0 Å². The van der Waals surface area contributed by atoms with E-state index in [0.717, 1.165) is 0 Å². The monoisotopic (exact) mass is 433 g/mol. The fraction of sp³-hybridized carbons (Fsp3) is 0.0476. The van der Waals surface area contributed by atoms with E-state index in [1.807, 2.05) is 0 Å². The number of nitrogens with zero attached hydrogens (tertiary/aromatic N) is 1. The zero-order valence-corrected chi connectivity index (χ0v) is 16.7. The van der Waals surface area contributed by atoms with Crippen molar-refractivity contribution in [2.45, 2.75) is 6.61 Å². The number of hydrogen-bond acceptors (Lipinski definition) is 3. The van der Waals surface area contributed by atoms with Crippen molar-refractivity contribution in [2.24, 2.45) is 0 Å². The van der Waals surface area contributed by atoms with E-state index in [2.05, 4.69) is 4.98 Å². The Kier molecular flexibility index (Phi) is 6.57. The van der Waals surface area contributed by atoms with Gasteiger partial charge in [0.1, 0.15) is 17.5 Å². The molecule has 142 valence electrons. The van der Waals surface area contributed by atoms with Crippen LogP contribution in [0.2, 0.25) is 15.2 Å². The van der Waals surface area contributed by atoms with Gasteiger partial charge in [-0.2, -0.15) is 0 Å². The highest BCUT2D eigenvalue weighted by molar-refractivity contribution is 6.36. The lowest BCUT2D eigenvalue weighted by Crippen LogP contribution is -2.01. The summed E-state index contributed by atoms with van der Waals surface area (Å²) in [6.45, 7) is 0.222. The number of pyridine rings is 1. The molecule has 3 rings (SSSR count). The highest BCUT2D eigenvalue weighted by Gasteiger charge is 2.14. The van der Waals surface area contributed by atoms with E-state index in [4.69, 9.17) is 39.5 Å². The van der Waals surface area contributed by atoms with Gasteiger partial charge in [-0.25, -0.2) is 9.78 Å². The molecule has 0 fully saturated rings. The number of carboxylic acid groups (broad SMARTS) is 1. The fourth-order valence-electron chi connectivity index (χ4n) is 2.49. The van der Waals surface area contributed by atoms with Crippen molar-refractivity contribution in [1.82, 2.24) is 4.98 Å². The minimum absolute atomic E-state index is 0.0506. The number of halogens is 3. The van der Waals surface area contributed by atoms with Crippen molar-refractivity contribution in [3.8, 4) is 5.75 Å². The van der Waals surface area contributed by atoms with Crippen LogP contribution in [0.4, 0.5) is 0 Å². The summed E-state index contributed by atoms with van der Waals surface area (Å²) in [4.78, 5) is 15.6. The van der Waals surface area contributed by atoms with Crippen LogP contribution in [0.5, 0.6) is 5.75 Å². The van der Waals surface area contributed by atoms with Crippen LogP contribution in [0.3, 0.4) is 0 Å². The largest absolute Gasteiger partial charge is 0.489 e. The smallest absolute Gasteiger partial charge is 0.336 e. The Bertz CT molecular complexity index is 1010. The van der Waals surface area contributed by atoms with Gasteiger partial charge in [-0.3, -0.25) is 0 Å². The minimum atomic E-state index is -1.09. The molecule has 2 aromatic carbocycles. The number of aliphatic carboxylic acids is 1. The highest BCUT2D eigenvalue weighted by atomic mass is 35.5. The molecule has 0 unspecified atom stereocenters. The summed E-state index contributed by atoms with van der Waals surface area (Å²) in [5.74, 6) is -0.493. The summed E-state index contributed by atoms with van der Waals surface area (Å²) >= 11 is 18.3. The molecule has 0 saturated carbocycles. The van der Waals surface area contributed by atoms with Gasteiger partial charge in [0.2, 0.25) is 0 Å². The number of rotatable bonds is 6. The molecular weight excluding hydrogens is 421 g/mol. The summed E-state index contributed by atoms with van der Waals surface area (Å²) in [5, 5.41) is 10.7. The molecule has 0 atom stereocenters. The first kappa shape index (κ1) is 20.2. The molecule has 0 aliphatic carbocycles. The van der Waals surface area contributed by atoms with Crippen LogP contribution in [0.25, 0.3) is 11.6 Å². The first-order chi connectivity index (χ1) is 13.5. The Morgan fingerprint density at radius 3 is 2.29 bits per heavy atom. The number of ether oxygens (including phenoxy) is 1. The molecule has 0 aliphatic heterocycles. The zero-order valence-electron chi connectivity index (χ0n) is 14.4. The second-order valence-corrected chi connectivity index (χ2v) is 6.94. The molecule has 3 aromatic rings. The molecule has 0 radical (unpaired) electrons. The normalized spacial score (nSPS) is 11.3. The van der Waals surface area contributed by atoms with Gasteiger partial charge in [0, 0.05) is 27.4 Å². The van der Waals surface area contributed by atoms with Crippen LogP contribution in [0.1, 0.15) is 16.7 Å². The summed E-state index contributed by atoms with van der Waals surface area (Å²) < 4.78 is 5.73. The summed E-state index contributed by atoms with van der Waals surface area (Å²) in [7, 11) is 0. The second-order valence-electron chi connectivity index (χ2n) is 5.76. The van der Waals surface area contributed by atoms with Crippen LogP contribution < -0.4 is 4.74 Å². The maximum absolute atomic E-state index is 11.6. The van der Waals surface area contributed by atoms with Crippen LogP contribution in [0.15, 0.2) is 60.8 Å². The highest BCUT2D eigenvalue weighted by Crippen LogP contribution is 2.27. The Labute approximate surface area is 177 Å². The number of carboxylic acids is 1. The van der Waals surface area contributed by atoms with Gasteiger partial charge in [-0.05, 0) is 48.0 Å². The van der Waals surface area contributed by atoms with Crippen molar-refractivity contribution in [1.29, 1.82) is 0 Å². The Morgan fingerprint density at radius 1 is 1.00 bits per heavy atom. The molecule has 0 bridgehead atoms. The lowest BCUT2D eigenvalue weighted by Gasteiger charge is -2.10. The van der Waals surface area contributed by atoms with Crippen LogP contribution in [0, 0.1) is 0 Å².